The summed E-state index contributed by atoms with van der Waals surface area (Å²) in [6.45, 7) is 9.67. The average Bonchev–Trinajstić information content (AvgIpc) is 2.68. The Balaban J connectivity index is 1.80. The van der Waals surface area contributed by atoms with Gasteiger partial charge in [0, 0.05) is 0 Å². The van der Waals surface area contributed by atoms with Gasteiger partial charge in [0.25, 0.3) is 0 Å². The second-order valence-corrected chi connectivity index (χ2v) is 8.83. The van der Waals surface area contributed by atoms with Crippen LogP contribution in [0.4, 0.5) is 22.7 Å². The summed E-state index contributed by atoms with van der Waals surface area (Å²) in [6.07, 6.45) is 0. The molecule has 1 aliphatic heterocycles. The predicted octanol–water partition coefficient (Wildman–Crippen LogP) is 2.61. The minimum absolute atomic E-state index is 0.330. The molecule has 3 aromatic carbocycles. The second-order valence-electron chi connectivity index (χ2n) is 6.55. The molecule has 4 rings (SSSR count). The van der Waals surface area contributed by atoms with Gasteiger partial charge in [0.1, 0.15) is 0 Å². The van der Waals surface area contributed by atoms with Crippen LogP contribution >= 0.6 is 0 Å². The Morgan fingerprint density at radius 3 is 2.42 bits per heavy atom. The van der Waals surface area contributed by atoms with Crippen LogP contribution < -0.4 is 24.5 Å². The van der Waals surface area contributed by atoms with Crippen molar-refractivity contribution in [3.8, 4) is 0 Å². The van der Waals surface area contributed by atoms with E-state index in [0.29, 0.717) is 15.0 Å². The Morgan fingerprint density at radius 1 is 0.923 bits per heavy atom. The zero-order valence-electron chi connectivity index (χ0n) is 15.7. The van der Waals surface area contributed by atoms with Gasteiger partial charge in [0.2, 0.25) is 0 Å². The summed E-state index contributed by atoms with van der Waals surface area (Å²) in [6, 6.07) is 18.1. The van der Waals surface area contributed by atoms with Crippen molar-refractivity contribution in [3.63, 3.8) is 0 Å². The van der Waals surface area contributed by atoms with Crippen molar-refractivity contribution in [2.24, 2.45) is 0 Å². The van der Waals surface area contributed by atoms with Crippen molar-refractivity contribution < 1.29 is 5.32 Å². The summed E-state index contributed by atoms with van der Waals surface area (Å²) < 4.78 is 2.98. The summed E-state index contributed by atoms with van der Waals surface area (Å²) >= 11 is 0.330. The Morgan fingerprint density at radius 2 is 1.69 bits per heavy atom. The van der Waals surface area contributed by atoms with Crippen LogP contribution in [0.1, 0.15) is 20.8 Å². The standard InChI is InChI=1S/C22H25N3Se/c1-4-23-19-14-21-22(17-10-8-7-9-16(17)19)24-18-12-11-15(13-20(18)26-21)25(5-2)6-3/h7-14,23-24H,4-6H2,1-3H3/p+1. The summed E-state index contributed by atoms with van der Waals surface area (Å²) in [7, 11) is 0. The number of anilines is 2. The van der Waals surface area contributed by atoms with Crippen LogP contribution in [-0.2, 0) is 0 Å². The van der Waals surface area contributed by atoms with Crippen molar-refractivity contribution in [2.45, 2.75) is 20.8 Å². The van der Waals surface area contributed by atoms with Crippen LogP contribution in [0.15, 0.2) is 48.5 Å². The SMILES string of the molecule is CCNc1cc2c(c3ccccc13)[NH2+]c1ccc(N(CC)CC)cc1[Se]2. The van der Waals surface area contributed by atoms with Crippen LogP contribution in [-0.4, -0.2) is 34.6 Å². The quantitative estimate of drug-likeness (QED) is 0.391. The number of benzene rings is 3. The first-order valence-corrected chi connectivity index (χ1v) is 11.2. The Kier molecular flexibility index (Phi) is 4.90. The van der Waals surface area contributed by atoms with Crippen LogP contribution in [0.2, 0.25) is 0 Å². The van der Waals surface area contributed by atoms with Gasteiger partial charge >= 0.3 is 162 Å². The number of rotatable bonds is 5. The molecule has 0 atom stereocenters. The van der Waals surface area contributed by atoms with Crippen LogP contribution in [0.25, 0.3) is 10.8 Å². The Bertz CT molecular complexity index is 948. The summed E-state index contributed by atoms with van der Waals surface area (Å²) in [5, 5.41) is 8.63. The van der Waals surface area contributed by atoms with Gasteiger partial charge in [0.15, 0.2) is 0 Å². The third-order valence-corrected chi connectivity index (χ3v) is 7.43. The molecule has 0 saturated heterocycles. The van der Waals surface area contributed by atoms with Gasteiger partial charge in [-0.25, -0.2) is 0 Å². The molecule has 134 valence electrons. The predicted molar refractivity (Wildman–Crippen MR) is 114 cm³/mol. The molecule has 1 aliphatic rings. The topological polar surface area (TPSA) is 31.9 Å². The zero-order valence-corrected chi connectivity index (χ0v) is 17.4. The van der Waals surface area contributed by atoms with Gasteiger partial charge in [-0.3, -0.25) is 0 Å². The van der Waals surface area contributed by atoms with E-state index < -0.39 is 0 Å². The molecule has 1 heterocycles. The summed E-state index contributed by atoms with van der Waals surface area (Å²) in [5.41, 5.74) is 5.40. The Labute approximate surface area is 161 Å². The molecule has 0 fully saturated rings. The van der Waals surface area contributed by atoms with E-state index in [2.05, 4.69) is 84.8 Å². The molecule has 26 heavy (non-hydrogen) atoms. The van der Waals surface area contributed by atoms with E-state index >= 15 is 0 Å². The average molecular weight is 411 g/mol. The van der Waals surface area contributed by atoms with Gasteiger partial charge in [-0.05, 0) is 0 Å². The summed E-state index contributed by atoms with van der Waals surface area (Å²) in [4.78, 5) is 2.43. The number of hydrogen-bond acceptors (Lipinski definition) is 2. The maximum atomic E-state index is 3.56. The van der Waals surface area contributed by atoms with Crippen molar-refractivity contribution in [1.29, 1.82) is 0 Å². The molecule has 0 unspecified atom stereocenters. The fourth-order valence-electron chi connectivity index (χ4n) is 3.73. The van der Waals surface area contributed by atoms with Crippen molar-refractivity contribution in [1.82, 2.24) is 0 Å². The van der Waals surface area contributed by atoms with E-state index in [0.717, 1.165) is 19.6 Å². The number of hydrogen-bond donors (Lipinski definition) is 2. The first-order chi connectivity index (χ1) is 12.7. The van der Waals surface area contributed by atoms with E-state index in [1.54, 1.807) is 0 Å². The third-order valence-electron chi connectivity index (χ3n) is 5.06. The molecule has 3 aromatic rings. The number of nitrogens with zero attached hydrogens (tertiary/aromatic N) is 1. The first kappa shape index (κ1) is 17.4. The fraction of sp³-hybridized carbons (Fsp3) is 0.273. The molecule has 3 N–H and O–H groups in total. The van der Waals surface area contributed by atoms with Gasteiger partial charge in [-0.2, -0.15) is 0 Å². The van der Waals surface area contributed by atoms with Crippen molar-refractivity contribution >= 4 is 57.4 Å². The van der Waals surface area contributed by atoms with Gasteiger partial charge < -0.3 is 0 Å². The number of quaternary nitrogens is 1. The van der Waals surface area contributed by atoms with E-state index in [1.165, 1.54) is 42.4 Å². The van der Waals surface area contributed by atoms with E-state index in [-0.39, 0.29) is 0 Å². The molecular weight excluding hydrogens is 385 g/mol. The molecule has 0 aliphatic carbocycles. The molecule has 0 spiro atoms. The normalized spacial score (nSPS) is 12.6. The molecular formula is C22H26N3Se+. The van der Waals surface area contributed by atoms with E-state index in [9.17, 15) is 0 Å². The van der Waals surface area contributed by atoms with Crippen LogP contribution in [0.3, 0.4) is 0 Å². The Hall–Kier alpha value is -2.00. The van der Waals surface area contributed by atoms with Crippen LogP contribution in [0, 0.1) is 0 Å². The molecule has 0 radical (unpaired) electrons. The third kappa shape index (κ3) is 2.99. The molecule has 3 nitrogen and oxygen atoms in total. The van der Waals surface area contributed by atoms with E-state index in [1.807, 2.05) is 0 Å². The molecule has 0 saturated carbocycles. The molecule has 4 heteroatoms. The van der Waals surface area contributed by atoms with Crippen LogP contribution in [0.5, 0.6) is 0 Å². The number of nitrogens with one attached hydrogen (secondary N) is 1. The number of nitrogens with two attached hydrogens (primary N) is 1. The van der Waals surface area contributed by atoms with Crippen molar-refractivity contribution in [3.05, 3.63) is 48.5 Å². The van der Waals surface area contributed by atoms with Gasteiger partial charge in [-0.1, -0.05) is 0 Å². The van der Waals surface area contributed by atoms with Gasteiger partial charge in [-0.15, -0.1) is 0 Å². The van der Waals surface area contributed by atoms with E-state index in [4.69, 9.17) is 0 Å². The second kappa shape index (κ2) is 7.32. The summed E-state index contributed by atoms with van der Waals surface area (Å²) in [5.74, 6) is 0. The van der Waals surface area contributed by atoms with Crippen molar-refractivity contribution in [2.75, 3.05) is 29.9 Å². The maximum absolute atomic E-state index is 3.56. The molecule has 0 bridgehead atoms. The first-order valence-electron chi connectivity index (χ1n) is 9.46. The van der Waals surface area contributed by atoms with Gasteiger partial charge in [0.05, 0.1) is 0 Å². The minimum atomic E-state index is 0.330. The molecule has 0 aromatic heterocycles. The number of fused-ring (bicyclic) bond motifs is 4. The molecule has 0 amide bonds. The fourth-order valence-corrected chi connectivity index (χ4v) is 6.08. The zero-order chi connectivity index (χ0) is 18.1. The monoisotopic (exact) mass is 412 g/mol.